The molecular formula is C48H68N2O2. The molecule has 1 aromatic rings. The van der Waals surface area contributed by atoms with Crippen molar-refractivity contribution in [3.05, 3.63) is 70.3 Å². The van der Waals surface area contributed by atoms with Crippen molar-refractivity contribution >= 4 is 0 Å². The summed E-state index contributed by atoms with van der Waals surface area (Å²) in [5, 5.41) is 29.7. The molecule has 1 aliphatic heterocycles. The van der Waals surface area contributed by atoms with Gasteiger partial charge in [0, 0.05) is 24.2 Å². The maximum Gasteiger partial charge on any atom is 0.0696 e. The van der Waals surface area contributed by atoms with Crippen LogP contribution in [0.4, 0.5) is 0 Å². The van der Waals surface area contributed by atoms with Gasteiger partial charge in [0.1, 0.15) is 0 Å². The van der Waals surface area contributed by atoms with Gasteiger partial charge in [-0.1, -0.05) is 66.1 Å². The van der Waals surface area contributed by atoms with E-state index in [0.29, 0.717) is 47.6 Å². The van der Waals surface area contributed by atoms with Crippen LogP contribution in [0.25, 0.3) is 0 Å². The Bertz CT molecular complexity index is 1710. The fraction of sp³-hybridized carbons (Fsp3) is 0.750. The van der Waals surface area contributed by atoms with Crippen LogP contribution >= 0.6 is 0 Å². The Hall–Kier alpha value is -1.72. The number of aliphatic hydroxyl groups excluding tert-OH is 2. The monoisotopic (exact) mass is 705 g/mol. The van der Waals surface area contributed by atoms with Crippen LogP contribution in [-0.4, -0.2) is 46.6 Å². The number of rotatable bonds is 4. The molecule has 4 nitrogen and oxygen atoms in total. The highest BCUT2D eigenvalue weighted by Crippen LogP contribution is 2.76. The quantitative estimate of drug-likeness (QED) is 0.237. The average molecular weight is 705 g/mol. The van der Waals surface area contributed by atoms with Gasteiger partial charge in [0.2, 0.25) is 0 Å². The predicted octanol–water partition coefficient (Wildman–Crippen LogP) is 8.72. The Morgan fingerprint density at radius 2 is 1.83 bits per heavy atom. The fourth-order valence-corrected chi connectivity index (χ4v) is 16.8. The van der Waals surface area contributed by atoms with E-state index in [4.69, 9.17) is 6.58 Å². The Labute approximate surface area is 314 Å². The third-order valence-corrected chi connectivity index (χ3v) is 18.8. The van der Waals surface area contributed by atoms with Gasteiger partial charge >= 0.3 is 0 Å². The van der Waals surface area contributed by atoms with E-state index in [0.717, 1.165) is 30.6 Å². The summed E-state index contributed by atoms with van der Waals surface area (Å²) in [6.45, 7) is 17.4. The largest absolute Gasteiger partial charge is 0.392 e. The van der Waals surface area contributed by atoms with Crippen LogP contribution in [0.2, 0.25) is 0 Å². The molecule has 282 valence electrons. The summed E-state index contributed by atoms with van der Waals surface area (Å²) in [7, 11) is 0. The van der Waals surface area contributed by atoms with E-state index in [1.807, 2.05) is 6.92 Å². The maximum atomic E-state index is 11.5. The molecule has 6 saturated carbocycles. The molecule has 0 aromatic heterocycles. The van der Waals surface area contributed by atoms with Crippen LogP contribution in [0.15, 0.2) is 59.2 Å². The number of fused-ring (bicyclic) bond motifs is 14. The molecule has 10 rings (SSSR count). The molecule has 52 heavy (non-hydrogen) atoms. The first-order valence-corrected chi connectivity index (χ1v) is 21.8. The van der Waals surface area contributed by atoms with Gasteiger partial charge in [0.05, 0.1) is 12.2 Å². The van der Waals surface area contributed by atoms with Gasteiger partial charge in [-0.15, -0.1) is 0 Å². The highest BCUT2D eigenvalue weighted by atomic mass is 16.3. The summed E-state index contributed by atoms with van der Waals surface area (Å²) in [5.41, 5.74) is 10.7. The topological polar surface area (TPSA) is 64.5 Å². The molecule has 9 bridgehead atoms. The van der Waals surface area contributed by atoms with Crippen molar-refractivity contribution < 1.29 is 10.2 Å². The molecule has 1 heterocycles. The van der Waals surface area contributed by atoms with Crippen molar-refractivity contribution in [3.8, 4) is 0 Å². The van der Waals surface area contributed by atoms with Gasteiger partial charge in [0.15, 0.2) is 0 Å². The number of hydrogen-bond donors (Lipinski definition) is 4. The molecule has 7 fully saturated rings. The zero-order valence-corrected chi connectivity index (χ0v) is 33.0. The molecule has 0 amide bonds. The third kappa shape index (κ3) is 4.91. The smallest absolute Gasteiger partial charge is 0.0696 e. The lowest BCUT2D eigenvalue weighted by Gasteiger charge is -2.66. The van der Waals surface area contributed by atoms with Crippen LogP contribution in [0.1, 0.15) is 123 Å². The highest BCUT2D eigenvalue weighted by molar-refractivity contribution is 5.46. The lowest BCUT2D eigenvalue weighted by atomic mass is 9.38. The fourth-order valence-electron chi connectivity index (χ4n) is 16.8. The first kappa shape index (κ1) is 34.7. The van der Waals surface area contributed by atoms with Crippen LogP contribution in [0.3, 0.4) is 0 Å². The molecule has 1 aromatic carbocycles. The highest BCUT2D eigenvalue weighted by Gasteiger charge is 2.68. The number of aliphatic hydroxyl groups is 2. The molecule has 1 spiro atoms. The van der Waals surface area contributed by atoms with Crippen molar-refractivity contribution in [2.75, 3.05) is 6.54 Å². The van der Waals surface area contributed by atoms with Gasteiger partial charge in [-0.25, -0.2) is 0 Å². The van der Waals surface area contributed by atoms with E-state index in [1.54, 1.807) is 27.8 Å². The van der Waals surface area contributed by atoms with E-state index >= 15 is 0 Å². The number of piperidine rings is 1. The number of benzene rings is 1. The molecule has 0 unspecified atom stereocenters. The van der Waals surface area contributed by atoms with Crippen LogP contribution in [-0.2, 0) is 12.8 Å². The van der Waals surface area contributed by atoms with Gasteiger partial charge in [-0.05, 0) is 192 Å². The normalized spacial score (nSPS) is 50.5. The summed E-state index contributed by atoms with van der Waals surface area (Å²) in [6.07, 6.45) is 19.7. The molecule has 1 saturated heterocycles. The first-order valence-electron chi connectivity index (χ1n) is 21.8. The van der Waals surface area contributed by atoms with Crippen molar-refractivity contribution in [1.82, 2.24) is 10.6 Å². The molecule has 16 atom stereocenters. The molecular weight excluding hydrogens is 637 g/mol. The second kappa shape index (κ2) is 11.9. The number of nitrogens with one attached hydrogen (secondary N) is 2. The number of allylic oxidation sites excluding steroid dienone is 4. The predicted molar refractivity (Wildman–Crippen MR) is 211 cm³/mol. The maximum absolute atomic E-state index is 11.5. The Morgan fingerprint density at radius 3 is 2.62 bits per heavy atom. The SMILES string of the molecule is C=C(C)[C@@]12CC[C@@H]3C[C@H]4Cc5cccc(c5)C[C@@H]5C[C@@H](N[C@@]6(C)[C@H]7[C@H](C[C@@H]8C[C@@H](NC[C@H](C)O)[C@H](O)C[C@@H]87)C[C@@H]56)C5=CC(C)=C(C1)[C@](C)(C5)[C@@]3(C4)C2. The minimum atomic E-state index is -0.380. The minimum Gasteiger partial charge on any atom is -0.392 e. The van der Waals surface area contributed by atoms with Crippen LogP contribution in [0, 0.1) is 63.6 Å². The van der Waals surface area contributed by atoms with E-state index < -0.39 is 0 Å². The number of hydrogen-bond acceptors (Lipinski definition) is 4. The van der Waals surface area contributed by atoms with Crippen LogP contribution in [0.5, 0.6) is 0 Å². The third-order valence-electron chi connectivity index (χ3n) is 18.8. The summed E-state index contributed by atoms with van der Waals surface area (Å²) < 4.78 is 0. The second-order valence-electron chi connectivity index (χ2n) is 21.4. The summed E-state index contributed by atoms with van der Waals surface area (Å²) >= 11 is 0. The Kier molecular flexibility index (Phi) is 7.95. The van der Waals surface area contributed by atoms with Crippen molar-refractivity contribution in [1.29, 1.82) is 0 Å². The van der Waals surface area contributed by atoms with Gasteiger partial charge in [-0.2, -0.15) is 0 Å². The van der Waals surface area contributed by atoms with Gasteiger partial charge < -0.3 is 20.8 Å². The van der Waals surface area contributed by atoms with Crippen molar-refractivity contribution in [3.63, 3.8) is 0 Å². The Morgan fingerprint density at radius 1 is 1.02 bits per heavy atom. The minimum absolute atomic E-state index is 0.0807. The molecule has 4 heteroatoms. The van der Waals surface area contributed by atoms with Crippen molar-refractivity contribution in [2.45, 2.75) is 154 Å². The standard InChI is InChI=1S/C48H68N2O2/c1-27(2)47-11-10-37-16-32-14-30-8-7-9-31(13-30)15-34-20-41(36-12-28(3)40(24-47)45(5,23-36)48(37,22-32)26-47)50-46(6)39(34)18-35-17-33-19-42(49-25-29(4)51)43(52)21-38(33)44(35)46/h7-9,12-13,29,32-35,37-39,41-44,49-52H,1,10-11,14-26H2,2-6H3/t29-,32+,33+,34+,35+,37+,38-,39-,41+,42+,43+,44-,45-,46+,47-,48-/m0/s1. The average Bonchev–Trinajstić information content (AvgIpc) is 3.72. The molecule has 8 aliphatic carbocycles. The summed E-state index contributed by atoms with van der Waals surface area (Å²) in [4.78, 5) is 0. The van der Waals surface area contributed by atoms with E-state index in [9.17, 15) is 10.2 Å². The van der Waals surface area contributed by atoms with E-state index in [-0.39, 0.29) is 34.6 Å². The van der Waals surface area contributed by atoms with Gasteiger partial charge in [-0.3, -0.25) is 0 Å². The lowest BCUT2D eigenvalue weighted by Crippen LogP contribution is -2.64. The lowest BCUT2D eigenvalue weighted by molar-refractivity contribution is -0.0821. The zero-order valence-electron chi connectivity index (χ0n) is 33.0. The first-order chi connectivity index (χ1) is 24.8. The summed E-state index contributed by atoms with van der Waals surface area (Å²) in [6, 6.07) is 10.5. The zero-order chi connectivity index (χ0) is 35.9. The molecule has 0 radical (unpaired) electrons. The Balaban J connectivity index is 1.06. The van der Waals surface area contributed by atoms with E-state index in [1.165, 1.54) is 82.6 Å². The van der Waals surface area contributed by atoms with Crippen LogP contribution < -0.4 is 10.6 Å². The second-order valence-corrected chi connectivity index (χ2v) is 21.4. The molecule has 4 N–H and O–H groups in total. The molecule has 9 aliphatic rings. The van der Waals surface area contributed by atoms with Crippen molar-refractivity contribution in [2.24, 2.45) is 63.6 Å². The van der Waals surface area contributed by atoms with Gasteiger partial charge in [0.25, 0.3) is 0 Å². The van der Waals surface area contributed by atoms with E-state index in [2.05, 4.69) is 68.7 Å². The summed E-state index contributed by atoms with van der Waals surface area (Å²) in [5.74, 6) is 5.58.